The van der Waals surface area contributed by atoms with E-state index in [-0.39, 0.29) is 5.75 Å². The van der Waals surface area contributed by atoms with Crippen LogP contribution in [0.4, 0.5) is 5.69 Å². The number of rotatable bonds is 7. The van der Waals surface area contributed by atoms with Crippen molar-refractivity contribution in [1.29, 1.82) is 0 Å². The molecule has 134 valence electrons. The molecule has 0 aromatic heterocycles. The van der Waals surface area contributed by atoms with Crippen LogP contribution in [0, 0.1) is 0 Å². The second-order valence-corrected chi connectivity index (χ2v) is 8.64. The highest BCUT2D eigenvalue weighted by Gasteiger charge is 2.17. The first-order chi connectivity index (χ1) is 11.8. The summed E-state index contributed by atoms with van der Waals surface area (Å²) >= 11 is 5.78. The Hall–Kier alpha value is -1.85. The number of anilines is 1. The summed E-state index contributed by atoms with van der Waals surface area (Å²) in [5.74, 6) is -0.831. The van der Waals surface area contributed by atoms with Crippen LogP contribution < -0.4 is 5.32 Å². The van der Waals surface area contributed by atoms with Gasteiger partial charge in [0.05, 0.1) is 5.75 Å². The van der Waals surface area contributed by atoms with Crippen molar-refractivity contribution in [1.82, 2.24) is 0 Å². The van der Waals surface area contributed by atoms with Crippen LogP contribution in [-0.4, -0.2) is 20.1 Å². The number of hydrogen-bond donors (Lipinski definition) is 1. The molecule has 0 bridgehead atoms. The topological polar surface area (TPSA) is 63.2 Å². The molecule has 1 atom stereocenters. The molecule has 0 aliphatic carbocycles. The molecule has 0 heterocycles. The molecule has 1 amide bonds. The Morgan fingerprint density at radius 3 is 2.24 bits per heavy atom. The second-order valence-electron chi connectivity index (χ2n) is 6.14. The molecule has 25 heavy (non-hydrogen) atoms. The van der Waals surface area contributed by atoms with Gasteiger partial charge in [0.25, 0.3) is 0 Å². The highest BCUT2D eigenvalue weighted by atomic mass is 35.5. The Morgan fingerprint density at radius 1 is 1.08 bits per heavy atom. The van der Waals surface area contributed by atoms with Gasteiger partial charge in [-0.1, -0.05) is 49.7 Å². The third-order valence-electron chi connectivity index (χ3n) is 4.03. The summed E-state index contributed by atoms with van der Waals surface area (Å²) in [6.45, 7) is 4.25. The minimum absolute atomic E-state index is 0.190. The molecule has 0 aliphatic rings. The summed E-state index contributed by atoms with van der Waals surface area (Å²) in [5, 5.41) is 3.18. The largest absolute Gasteiger partial charge is 0.325 e. The van der Waals surface area contributed by atoms with Crippen LogP contribution in [-0.2, 0) is 20.4 Å². The maximum Gasteiger partial charge on any atom is 0.239 e. The SMILES string of the molecule is CCC(C)c1ccc(NC(=O)CS(=O)(=O)Cc2ccc(Cl)cc2)cc1. The zero-order valence-corrected chi connectivity index (χ0v) is 15.9. The molecule has 0 aliphatic heterocycles. The van der Waals surface area contributed by atoms with Gasteiger partial charge in [0.2, 0.25) is 5.91 Å². The van der Waals surface area contributed by atoms with Crippen LogP contribution in [0.1, 0.15) is 37.3 Å². The van der Waals surface area contributed by atoms with E-state index in [1.165, 1.54) is 5.56 Å². The van der Waals surface area contributed by atoms with E-state index in [0.29, 0.717) is 22.2 Å². The van der Waals surface area contributed by atoms with E-state index in [0.717, 1.165) is 6.42 Å². The number of amides is 1. The lowest BCUT2D eigenvalue weighted by atomic mass is 9.99. The Bertz CT molecular complexity index is 815. The number of carbonyl (C=O) groups is 1. The van der Waals surface area contributed by atoms with Gasteiger partial charge >= 0.3 is 0 Å². The fraction of sp³-hybridized carbons (Fsp3) is 0.316. The van der Waals surface area contributed by atoms with E-state index in [1.807, 2.05) is 12.1 Å². The molecule has 1 unspecified atom stereocenters. The Balaban J connectivity index is 1.95. The van der Waals surface area contributed by atoms with Gasteiger partial charge in [-0.05, 0) is 47.7 Å². The molecule has 1 N–H and O–H groups in total. The summed E-state index contributed by atoms with van der Waals surface area (Å²) in [6, 6.07) is 14.0. The highest BCUT2D eigenvalue weighted by Crippen LogP contribution is 2.20. The van der Waals surface area contributed by atoms with E-state index in [1.54, 1.807) is 36.4 Å². The van der Waals surface area contributed by atoms with Gasteiger partial charge in [-0.25, -0.2) is 8.42 Å². The molecule has 6 heteroatoms. The summed E-state index contributed by atoms with van der Waals surface area (Å²) in [6.07, 6.45) is 1.04. The molecule has 0 fully saturated rings. The Kier molecular flexibility index (Phi) is 6.62. The van der Waals surface area contributed by atoms with E-state index in [9.17, 15) is 13.2 Å². The Morgan fingerprint density at radius 2 is 1.68 bits per heavy atom. The zero-order valence-electron chi connectivity index (χ0n) is 14.3. The Labute approximate surface area is 154 Å². The first kappa shape index (κ1) is 19.5. The smallest absolute Gasteiger partial charge is 0.239 e. The average molecular weight is 380 g/mol. The van der Waals surface area contributed by atoms with E-state index in [2.05, 4.69) is 19.2 Å². The highest BCUT2D eigenvalue weighted by molar-refractivity contribution is 7.91. The molecule has 0 saturated carbocycles. The van der Waals surface area contributed by atoms with Crippen LogP contribution in [0.15, 0.2) is 48.5 Å². The number of benzene rings is 2. The lowest BCUT2D eigenvalue weighted by Gasteiger charge is -2.11. The molecule has 0 radical (unpaired) electrons. The minimum atomic E-state index is -3.55. The lowest BCUT2D eigenvalue weighted by molar-refractivity contribution is -0.113. The lowest BCUT2D eigenvalue weighted by Crippen LogP contribution is -2.23. The van der Waals surface area contributed by atoms with Crippen molar-refractivity contribution >= 4 is 33.0 Å². The van der Waals surface area contributed by atoms with Gasteiger partial charge in [0.15, 0.2) is 9.84 Å². The number of carbonyl (C=O) groups excluding carboxylic acids is 1. The molecule has 2 aromatic rings. The molecule has 4 nitrogen and oxygen atoms in total. The predicted molar refractivity (Wildman–Crippen MR) is 103 cm³/mol. The van der Waals surface area contributed by atoms with Crippen LogP contribution in [0.2, 0.25) is 5.02 Å². The number of hydrogen-bond acceptors (Lipinski definition) is 3. The first-order valence-corrected chi connectivity index (χ1v) is 10.3. The van der Waals surface area contributed by atoms with E-state index in [4.69, 9.17) is 11.6 Å². The van der Waals surface area contributed by atoms with Crippen molar-refractivity contribution in [2.45, 2.75) is 31.9 Å². The van der Waals surface area contributed by atoms with Crippen molar-refractivity contribution in [2.75, 3.05) is 11.1 Å². The van der Waals surface area contributed by atoms with Crippen LogP contribution in [0.25, 0.3) is 0 Å². The van der Waals surface area contributed by atoms with Crippen molar-refractivity contribution in [3.8, 4) is 0 Å². The second kappa shape index (κ2) is 8.50. The number of nitrogens with one attached hydrogen (secondary N) is 1. The van der Waals surface area contributed by atoms with Gasteiger partial charge in [-0.2, -0.15) is 0 Å². The van der Waals surface area contributed by atoms with Gasteiger partial charge in [0, 0.05) is 10.7 Å². The quantitative estimate of drug-likeness (QED) is 0.775. The molecule has 0 spiro atoms. The van der Waals surface area contributed by atoms with Gasteiger partial charge < -0.3 is 5.32 Å². The first-order valence-electron chi connectivity index (χ1n) is 8.14. The molecular formula is C19H22ClNO3S. The van der Waals surface area contributed by atoms with Crippen molar-refractivity contribution in [3.05, 3.63) is 64.7 Å². The molecule has 2 aromatic carbocycles. The van der Waals surface area contributed by atoms with Gasteiger partial charge in [-0.15, -0.1) is 0 Å². The maximum absolute atomic E-state index is 12.2. The summed E-state index contributed by atoms with van der Waals surface area (Å²) in [4.78, 5) is 12.0. The normalized spacial score (nSPS) is 12.6. The number of halogens is 1. The summed E-state index contributed by atoms with van der Waals surface area (Å²) < 4.78 is 24.3. The number of sulfone groups is 1. The van der Waals surface area contributed by atoms with Crippen LogP contribution in [0.3, 0.4) is 0 Å². The summed E-state index contributed by atoms with van der Waals surface area (Å²) in [5.41, 5.74) is 2.39. The van der Waals surface area contributed by atoms with Crippen LogP contribution >= 0.6 is 11.6 Å². The predicted octanol–water partition coefficient (Wildman–Crippen LogP) is 4.41. The van der Waals surface area contributed by atoms with Crippen LogP contribution in [0.5, 0.6) is 0 Å². The molecular weight excluding hydrogens is 358 g/mol. The van der Waals surface area contributed by atoms with E-state index >= 15 is 0 Å². The van der Waals surface area contributed by atoms with Crippen molar-refractivity contribution in [3.63, 3.8) is 0 Å². The monoisotopic (exact) mass is 379 g/mol. The summed E-state index contributed by atoms with van der Waals surface area (Å²) in [7, 11) is -3.55. The third-order valence-corrected chi connectivity index (χ3v) is 5.75. The molecule has 0 saturated heterocycles. The minimum Gasteiger partial charge on any atom is -0.325 e. The average Bonchev–Trinajstić information content (AvgIpc) is 2.56. The third kappa shape index (κ3) is 6.18. The fourth-order valence-electron chi connectivity index (χ4n) is 2.41. The fourth-order valence-corrected chi connectivity index (χ4v) is 3.81. The van der Waals surface area contributed by atoms with Crippen molar-refractivity contribution in [2.24, 2.45) is 0 Å². The standard InChI is InChI=1S/C19H22ClNO3S/c1-3-14(2)16-6-10-18(11-7-16)21-19(22)13-25(23,24)12-15-4-8-17(20)9-5-15/h4-11,14H,3,12-13H2,1-2H3,(H,21,22). The maximum atomic E-state index is 12.2. The van der Waals surface area contributed by atoms with E-state index < -0.39 is 21.5 Å². The van der Waals surface area contributed by atoms with Gasteiger partial charge in [0.1, 0.15) is 5.75 Å². The van der Waals surface area contributed by atoms with Gasteiger partial charge in [-0.3, -0.25) is 4.79 Å². The molecule has 2 rings (SSSR count). The zero-order chi connectivity index (χ0) is 18.4. The van der Waals surface area contributed by atoms with Crippen molar-refractivity contribution < 1.29 is 13.2 Å².